The smallest absolute Gasteiger partial charge is 0.213 e. The van der Waals surface area contributed by atoms with E-state index in [2.05, 4.69) is 38.8 Å². The van der Waals surface area contributed by atoms with Gasteiger partial charge in [0.15, 0.2) is 6.61 Å². The van der Waals surface area contributed by atoms with E-state index in [4.69, 9.17) is 4.74 Å². The third-order valence-electron chi connectivity index (χ3n) is 2.68. The Morgan fingerprint density at radius 1 is 1.35 bits per heavy atom. The molecule has 2 aromatic rings. The number of aromatic nitrogens is 3. The molecule has 0 aliphatic heterocycles. The van der Waals surface area contributed by atoms with Gasteiger partial charge in [0, 0.05) is 12.2 Å². The maximum Gasteiger partial charge on any atom is 0.213 e. The standard InChI is InChI=1S/C14H20N4O2/c1-10(2)6-15-7-12-13(5-4-11(3)17-12)19-8-14-16-9-20-18-14/h4-5,9-10,15H,6-8H2,1-3H3. The Kier molecular flexibility index (Phi) is 5.06. The van der Waals surface area contributed by atoms with Crippen LogP contribution in [0.5, 0.6) is 5.75 Å². The maximum absolute atomic E-state index is 5.71. The fourth-order valence-corrected chi connectivity index (χ4v) is 1.73. The van der Waals surface area contributed by atoms with Crippen molar-refractivity contribution in [2.45, 2.75) is 33.9 Å². The van der Waals surface area contributed by atoms with Crippen LogP contribution in [0.1, 0.15) is 31.1 Å². The van der Waals surface area contributed by atoms with E-state index in [1.807, 2.05) is 19.1 Å². The molecule has 0 aromatic carbocycles. The monoisotopic (exact) mass is 276 g/mol. The molecule has 0 atom stereocenters. The molecule has 108 valence electrons. The minimum atomic E-state index is 0.276. The first-order valence-electron chi connectivity index (χ1n) is 6.70. The van der Waals surface area contributed by atoms with Crippen LogP contribution in [-0.4, -0.2) is 21.7 Å². The first kappa shape index (κ1) is 14.5. The van der Waals surface area contributed by atoms with E-state index in [1.165, 1.54) is 6.39 Å². The van der Waals surface area contributed by atoms with Gasteiger partial charge in [-0.1, -0.05) is 19.0 Å². The summed E-state index contributed by atoms with van der Waals surface area (Å²) in [5.41, 5.74) is 1.87. The number of hydrogen-bond donors (Lipinski definition) is 1. The number of hydrogen-bond acceptors (Lipinski definition) is 6. The number of ether oxygens (including phenoxy) is 1. The second-order valence-corrected chi connectivity index (χ2v) is 5.06. The SMILES string of the molecule is Cc1ccc(OCc2ncon2)c(CNCC(C)C)n1. The van der Waals surface area contributed by atoms with Crippen LogP contribution in [0.4, 0.5) is 0 Å². The van der Waals surface area contributed by atoms with Crippen LogP contribution in [0.25, 0.3) is 0 Å². The molecule has 0 aliphatic rings. The molecule has 0 saturated carbocycles. The molecule has 2 heterocycles. The van der Waals surface area contributed by atoms with Gasteiger partial charge in [0.2, 0.25) is 12.2 Å². The van der Waals surface area contributed by atoms with Crippen molar-refractivity contribution < 1.29 is 9.26 Å². The Bertz CT molecular complexity index is 526. The lowest BCUT2D eigenvalue weighted by Gasteiger charge is -2.12. The Morgan fingerprint density at radius 2 is 2.20 bits per heavy atom. The summed E-state index contributed by atoms with van der Waals surface area (Å²) < 4.78 is 10.4. The molecule has 20 heavy (non-hydrogen) atoms. The summed E-state index contributed by atoms with van der Waals surface area (Å²) in [5.74, 6) is 1.87. The zero-order valence-electron chi connectivity index (χ0n) is 12.1. The number of rotatable bonds is 7. The third-order valence-corrected chi connectivity index (χ3v) is 2.68. The lowest BCUT2D eigenvalue weighted by molar-refractivity contribution is 0.281. The van der Waals surface area contributed by atoms with E-state index in [-0.39, 0.29) is 6.61 Å². The van der Waals surface area contributed by atoms with Crippen LogP contribution in [0.2, 0.25) is 0 Å². The van der Waals surface area contributed by atoms with Gasteiger partial charge < -0.3 is 14.6 Å². The average Bonchev–Trinajstić information content (AvgIpc) is 2.90. The molecule has 2 aromatic heterocycles. The van der Waals surface area contributed by atoms with Gasteiger partial charge >= 0.3 is 0 Å². The molecular weight excluding hydrogens is 256 g/mol. The number of aryl methyl sites for hydroxylation is 1. The zero-order valence-corrected chi connectivity index (χ0v) is 12.1. The van der Waals surface area contributed by atoms with Gasteiger partial charge in [-0.25, -0.2) is 0 Å². The molecule has 0 radical (unpaired) electrons. The van der Waals surface area contributed by atoms with E-state index < -0.39 is 0 Å². The molecule has 0 fully saturated rings. The molecule has 0 bridgehead atoms. The molecule has 0 amide bonds. The molecule has 0 saturated heterocycles. The zero-order chi connectivity index (χ0) is 14.4. The van der Waals surface area contributed by atoms with Gasteiger partial charge in [-0.05, 0) is 31.5 Å². The van der Waals surface area contributed by atoms with Crippen LogP contribution in [0.15, 0.2) is 23.0 Å². The minimum Gasteiger partial charge on any atom is -0.484 e. The van der Waals surface area contributed by atoms with E-state index in [9.17, 15) is 0 Å². The largest absolute Gasteiger partial charge is 0.484 e. The Hall–Kier alpha value is -1.95. The normalized spacial score (nSPS) is 11.0. The molecule has 0 unspecified atom stereocenters. The summed E-state index contributed by atoms with van der Waals surface area (Å²) in [6, 6.07) is 3.85. The summed E-state index contributed by atoms with van der Waals surface area (Å²) in [4.78, 5) is 8.44. The third kappa shape index (κ3) is 4.31. The molecule has 2 rings (SSSR count). The quantitative estimate of drug-likeness (QED) is 0.835. The van der Waals surface area contributed by atoms with Crippen LogP contribution < -0.4 is 10.1 Å². The van der Waals surface area contributed by atoms with Gasteiger partial charge in [0.25, 0.3) is 0 Å². The Labute approximate surface area is 118 Å². The highest BCUT2D eigenvalue weighted by atomic mass is 16.5. The van der Waals surface area contributed by atoms with Crippen molar-refractivity contribution in [3.63, 3.8) is 0 Å². The highest BCUT2D eigenvalue weighted by molar-refractivity contribution is 5.29. The van der Waals surface area contributed by atoms with Crippen molar-refractivity contribution in [1.29, 1.82) is 0 Å². The molecule has 0 aliphatic carbocycles. The van der Waals surface area contributed by atoms with Crippen molar-refractivity contribution in [2.75, 3.05) is 6.54 Å². The summed E-state index contributed by atoms with van der Waals surface area (Å²) in [5, 5.41) is 7.09. The minimum absolute atomic E-state index is 0.276. The lowest BCUT2D eigenvalue weighted by Crippen LogP contribution is -2.20. The first-order valence-corrected chi connectivity index (χ1v) is 6.70. The first-order chi connectivity index (χ1) is 9.65. The van der Waals surface area contributed by atoms with Crippen molar-refractivity contribution in [3.05, 3.63) is 35.7 Å². The van der Waals surface area contributed by atoms with E-state index >= 15 is 0 Å². The highest BCUT2D eigenvalue weighted by Crippen LogP contribution is 2.18. The Balaban J connectivity index is 1.99. The summed E-state index contributed by atoms with van der Waals surface area (Å²) >= 11 is 0. The lowest BCUT2D eigenvalue weighted by atomic mass is 10.2. The molecule has 1 N–H and O–H groups in total. The average molecular weight is 276 g/mol. The summed E-state index contributed by atoms with van der Waals surface area (Å²) in [7, 11) is 0. The van der Waals surface area contributed by atoms with E-state index in [0.717, 1.165) is 23.7 Å². The second-order valence-electron chi connectivity index (χ2n) is 5.06. The highest BCUT2D eigenvalue weighted by Gasteiger charge is 2.08. The van der Waals surface area contributed by atoms with E-state index in [1.54, 1.807) is 0 Å². The van der Waals surface area contributed by atoms with Crippen LogP contribution in [0, 0.1) is 12.8 Å². The molecular formula is C14H20N4O2. The van der Waals surface area contributed by atoms with Gasteiger partial charge in [-0.15, -0.1) is 0 Å². The number of nitrogens with one attached hydrogen (secondary N) is 1. The fraction of sp³-hybridized carbons (Fsp3) is 0.500. The van der Waals surface area contributed by atoms with Gasteiger partial charge in [-0.2, -0.15) is 4.98 Å². The molecule has 6 nitrogen and oxygen atoms in total. The summed E-state index contributed by atoms with van der Waals surface area (Å²) in [6.45, 7) is 8.21. The van der Waals surface area contributed by atoms with Crippen LogP contribution >= 0.6 is 0 Å². The topological polar surface area (TPSA) is 73.1 Å². The van der Waals surface area contributed by atoms with Crippen molar-refractivity contribution in [1.82, 2.24) is 20.4 Å². The van der Waals surface area contributed by atoms with Gasteiger partial charge in [0.1, 0.15) is 5.75 Å². The van der Waals surface area contributed by atoms with Crippen LogP contribution in [0.3, 0.4) is 0 Å². The molecule has 6 heteroatoms. The van der Waals surface area contributed by atoms with Crippen LogP contribution in [-0.2, 0) is 13.2 Å². The predicted octanol–water partition coefficient (Wildman–Crippen LogP) is 2.10. The predicted molar refractivity (Wildman–Crippen MR) is 74.1 cm³/mol. The van der Waals surface area contributed by atoms with Crippen molar-refractivity contribution >= 4 is 0 Å². The number of nitrogens with zero attached hydrogens (tertiary/aromatic N) is 3. The van der Waals surface area contributed by atoms with Crippen molar-refractivity contribution in [3.8, 4) is 5.75 Å². The second kappa shape index (κ2) is 7.00. The fourth-order valence-electron chi connectivity index (χ4n) is 1.73. The maximum atomic E-state index is 5.71. The Morgan fingerprint density at radius 3 is 2.90 bits per heavy atom. The molecule has 0 spiro atoms. The van der Waals surface area contributed by atoms with Gasteiger partial charge in [-0.3, -0.25) is 4.98 Å². The van der Waals surface area contributed by atoms with Gasteiger partial charge in [0.05, 0.1) is 5.69 Å². The number of pyridine rings is 1. The van der Waals surface area contributed by atoms with E-state index in [0.29, 0.717) is 18.3 Å². The van der Waals surface area contributed by atoms with Crippen molar-refractivity contribution in [2.24, 2.45) is 5.92 Å². The summed E-state index contributed by atoms with van der Waals surface area (Å²) in [6.07, 6.45) is 1.29.